The number of halogens is 1. The van der Waals surface area contributed by atoms with E-state index >= 15 is 0 Å². The molecule has 0 aromatic carbocycles. The molecule has 1 aromatic heterocycles. The van der Waals surface area contributed by atoms with E-state index in [2.05, 4.69) is 20.9 Å². The molecule has 0 aliphatic carbocycles. The summed E-state index contributed by atoms with van der Waals surface area (Å²) in [5.41, 5.74) is -1.29. The van der Waals surface area contributed by atoms with Crippen LogP contribution in [0.15, 0.2) is 3.92 Å². The van der Waals surface area contributed by atoms with E-state index in [0.29, 0.717) is 21.8 Å². The first-order chi connectivity index (χ1) is 7.03. The number of aromatic carboxylic acids is 1. The van der Waals surface area contributed by atoms with E-state index in [9.17, 15) is 9.90 Å². The van der Waals surface area contributed by atoms with E-state index in [1.54, 1.807) is 0 Å². The molecule has 15 heavy (non-hydrogen) atoms. The van der Waals surface area contributed by atoms with Crippen LogP contribution in [-0.4, -0.2) is 34.4 Å². The molecule has 2 N–H and O–H groups in total. The average molecular weight is 294 g/mol. The average Bonchev–Trinajstić information content (AvgIpc) is 2.72. The fourth-order valence-corrected chi connectivity index (χ4v) is 3.04. The number of aliphatic hydroxyl groups is 1. The Morgan fingerprint density at radius 3 is 2.93 bits per heavy atom. The van der Waals surface area contributed by atoms with Gasteiger partial charge in [-0.1, -0.05) is 0 Å². The molecule has 1 saturated heterocycles. The number of aromatic nitrogens is 1. The third-order valence-electron chi connectivity index (χ3n) is 2.23. The fraction of sp³-hybridized carbons (Fsp3) is 0.500. The smallest absolute Gasteiger partial charge is 0.355 e. The van der Waals surface area contributed by atoms with Gasteiger partial charge in [0.1, 0.15) is 5.60 Å². The first-order valence-electron chi connectivity index (χ1n) is 4.23. The maximum absolute atomic E-state index is 10.9. The number of carboxylic acid groups (broad SMARTS) is 1. The summed E-state index contributed by atoms with van der Waals surface area (Å²) >= 11 is 4.25. The van der Waals surface area contributed by atoms with Crippen molar-refractivity contribution in [2.45, 2.75) is 12.0 Å². The van der Waals surface area contributed by atoms with Crippen LogP contribution in [0.5, 0.6) is 0 Å². The summed E-state index contributed by atoms with van der Waals surface area (Å²) in [6.45, 7) is 0.562. The molecule has 2 rings (SSSR count). The molecule has 1 aliphatic heterocycles. The zero-order valence-electron chi connectivity index (χ0n) is 7.57. The molecule has 0 saturated carbocycles. The summed E-state index contributed by atoms with van der Waals surface area (Å²) in [4.78, 5) is 15.1. The summed E-state index contributed by atoms with van der Waals surface area (Å²) in [7, 11) is 0. The van der Waals surface area contributed by atoms with Crippen molar-refractivity contribution in [3.8, 4) is 0 Å². The Hall–Kier alpha value is -0.500. The van der Waals surface area contributed by atoms with E-state index in [-0.39, 0.29) is 12.3 Å². The van der Waals surface area contributed by atoms with E-state index in [4.69, 9.17) is 9.84 Å². The number of nitrogens with zero attached hydrogens (tertiary/aromatic N) is 1. The summed E-state index contributed by atoms with van der Waals surface area (Å²) in [6.07, 6.45) is 0.405. The highest BCUT2D eigenvalue weighted by molar-refractivity contribution is 9.11. The maximum atomic E-state index is 10.9. The van der Waals surface area contributed by atoms with E-state index in [0.717, 1.165) is 11.3 Å². The molecule has 0 amide bonds. The normalized spacial score (nSPS) is 25.7. The number of thiazole rings is 1. The molecule has 7 heteroatoms. The lowest BCUT2D eigenvalue weighted by Gasteiger charge is -2.18. The molecule has 5 nitrogen and oxygen atoms in total. The van der Waals surface area contributed by atoms with Gasteiger partial charge in [-0.05, 0) is 15.9 Å². The van der Waals surface area contributed by atoms with Crippen LogP contribution in [0, 0.1) is 0 Å². The number of carboxylic acids is 1. The third-order valence-corrected chi connectivity index (χ3v) is 3.93. The minimum absolute atomic E-state index is 0.0973. The van der Waals surface area contributed by atoms with Gasteiger partial charge in [-0.3, -0.25) is 0 Å². The highest BCUT2D eigenvalue weighted by Crippen LogP contribution is 2.38. The minimum atomic E-state index is -1.20. The minimum Gasteiger partial charge on any atom is -0.476 e. The number of carbonyl (C=O) groups is 1. The van der Waals surface area contributed by atoms with Crippen molar-refractivity contribution in [2.24, 2.45) is 0 Å². The molecular weight excluding hydrogens is 286 g/mol. The lowest BCUT2D eigenvalue weighted by atomic mass is 10.00. The SMILES string of the molecule is O=C(O)c1nc(Br)sc1C1(O)CCOC1. The van der Waals surface area contributed by atoms with Crippen molar-refractivity contribution in [3.05, 3.63) is 14.5 Å². The van der Waals surface area contributed by atoms with Crippen LogP contribution in [0.25, 0.3) is 0 Å². The molecule has 82 valence electrons. The van der Waals surface area contributed by atoms with Gasteiger partial charge in [0.05, 0.1) is 11.5 Å². The highest BCUT2D eigenvalue weighted by Gasteiger charge is 2.40. The monoisotopic (exact) mass is 293 g/mol. The van der Waals surface area contributed by atoms with Crippen LogP contribution in [0.4, 0.5) is 0 Å². The summed E-state index contributed by atoms with van der Waals surface area (Å²) in [6, 6.07) is 0. The largest absolute Gasteiger partial charge is 0.476 e. The second kappa shape index (κ2) is 3.82. The Morgan fingerprint density at radius 1 is 1.67 bits per heavy atom. The van der Waals surface area contributed by atoms with E-state index in [1.807, 2.05) is 0 Å². The highest BCUT2D eigenvalue weighted by atomic mass is 79.9. The Balaban J connectivity index is 2.46. The number of hydrogen-bond acceptors (Lipinski definition) is 5. The lowest BCUT2D eigenvalue weighted by Crippen LogP contribution is -2.26. The number of ether oxygens (including phenoxy) is 1. The van der Waals surface area contributed by atoms with Crippen LogP contribution in [0.1, 0.15) is 21.8 Å². The summed E-state index contributed by atoms with van der Waals surface area (Å²) < 4.78 is 5.53. The number of hydrogen-bond donors (Lipinski definition) is 2. The molecule has 2 heterocycles. The van der Waals surface area contributed by atoms with Gasteiger partial charge in [-0.2, -0.15) is 0 Å². The van der Waals surface area contributed by atoms with Gasteiger partial charge in [0.25, 0.3) is 0 Å². The first kappa shape index (κ1) is 11.0. The Kier molecular flexibility index (Phi) is 2.80. The van der Waals surface area contributed by atoms with Gasteiger partial charge in [-0.15, -0.1) is 11.3 Å². The first-order valence-corrected chi connectivity index (χ1v) is 5.84. The van der Waals surface area contributed by atoms with E-state index in [1.165, 1.54) is 0 Å². The fourth-order valence-electron chi connectivity index (χ4n) is 1.49. The van der Waals surface area contributed by atoms with Crippen LogP contribution < -0.4 is 0 Å². The lowest BCUT2D eigenvalue weighted by molar-refractivity contribution is 0.0243. The van der Waals surface area contributed by atoms with Gasteiger partial charge < -0.3 is 14.9 Å². The van der Waals surface area contributed by atoms with Crippen molar-refractivity contribution in [3.63, 3.8) is 0 Å². The zero-order valence-corrected chi connectivity index (χ0v) is 9.97. The van der Waals surface area contributed by atoms with E-state index < -0.39 is 11.6 Å². The summed E-state index contributed by atoms with van der Waals surface area (Å²) in [5.74, 6) is -1.13. The van der Waals surface area contributed by atoms with Crippen molar-refractivity contribution < 1.29 is 19.7 Å². The second-order valence-corrected chi connectivity index (χ2v) is 5.56. The molecule has 0 radical (unpaired) electrons. The zero-order chi connectivity index (χ0) is 11.1. The Morgan fingerprint density at radius 2 is 2.40 bits per heavy atom. The molecule has 1 unspecified atom stereocenters. The van der Waals surface area contributed by atoms with Crippen LogP contribution in [0.2, 0.25) is 0 Å². The topological polar surface area (TPSA) is 79.7 Å². The second-order valence-electron chi connectivity index (χ2n) is 3.28. The molecule has 0 bridgehead atoms. The van der Waals surface area contributed by atoms with Crippen molar-refractivity contribution in [1.82, 2.24) is 4.98 Å². The quantitative estimate of drug-likeness (QED) is 0.857. The molecule has 0 spiro atoms. The van der Waals surface area contributed by atoms with Crippen molar-refractivity contribution in [1.29, 1.82) is 0 Å². The van der Waals surface area contributed by atoms with Gasteiger partial charge in [-0.25, -0.2) is 9.78 Å². The van der Waals surface area contributed by atoms with Crippen molar-refractivity contribution in [2.75, 3.05) is 13.2 Å². The van der Waals surface area contributed by atoms with Crippen molar-refractivity contribution >= 4 is 33.2 Å². The molecule has 1 aliphatic rings. The van der Waals surface area contributed by atoms with Crippen LogP contribution >= 0.6 is 27.3 Å². The van der Waals surface area contributed by atoms with Gasteiger partial charge in [0.15, 0.2) is 9.61 Å². The molecule has 1 fully saturated rings. The van der Waals surface area contributed by atoms with Crippen LogP contribution in [0.3, 0.4) is 0 Å². The van der Waals surface area contributed by atoms with Gasteiger partial charge >= 0.3 is 5.97 Å². The standard InChI is InChI=1S/C8H8BrNO4S/c9-7-10-4(6(11)12)5(15-7)8(13)1-2-14-3-8/h13H,1-3H2,(H,11,12). The molecule has 1 aromatic rings. The maximum Gasteiger partial charge on any atom is 0.355 e. The summed E-state index contributed by atoms with van der Waals surface area (Å²) in [5, 5.41) is 19.1. The van der Waals surface area contributed by atoms with Crippen LogP contribution in [-0.2, 0) is 10.3 Å². The predicted molar refractivity (Wildman–Crippen MR) is 56.1 cm³/mol. The molecular formula is C8H8BrNO4S. The molecule has 1 atom stereocenters. The number of rotatable bonds is 2. The predicted octanol–water partition coefficient (Wildman–Crippen LogP) is 1.21. The Labute approximate surface area is 97.8 Å². The third kappa shape index (κ3) is 1.92. The van der Waals surface area contributed by atoms with Gasteiger partial charge in [0.2, 0.25) is 0 Å². The Bertz CT molecular complexity index is 399. The van der Waals surface area contributed by atoms with Gasteiger partial charge in [0, 0.05) is 13.0 Å².